The molecule has 0 aliphatic carbocycles. The molecule has 3 amide bonds. The van der Waals surface area contributed by atoms with Gasteiger partial charge in [0.2, 0.25) is 6.41 Å². The fraction of sp³-hybridized carbons (Fsp3) is 0.385. The topological polar surface area (TPSA) is 82.6 Å². The first kappa shape index (κ1) is 14.0. The summed E-state index contributed by atoms with van der Waals surface area (Å²) in [5, 5.41) is 2.58. The zero-order valence-corrected chi connectivity index (χ0v) is 11.0. The van der Waals surface area contributed by atoms with E-state index >= 15 is 0 Å². The van der Waals surface area contributed by atoms with E-state index in [0.29, 0.717) is 32.7 Å². The molecule has 1 aromatic rings. The molecule has 0 saturated carbocycles. The van der Waals surface area contributed by atoms with Gasteiger partial charge in [-0.1, -0.05) is 0 Å². The summed E-state index contributed by atoms with van der Waals surface area (Å²) in [6, 6.07) is 3.54. The zero-order valence-electron chi connectivity index (χ0n) is 11.0. The Hall–Kier alpha value is -2.44. The summed E-state index contributed by atoms with van der Waals surface area (Å²) in [5.74, 6) is -1.18. The Kier molecular flexibility index (Phi) is 4.65. The van der Waals surface area contributed by atoms with Crippen LogP contribution in [-0.4, -0.2) is 59.2 Å². The molecule has 106 valence electrons. The van der Waals surface area contributed by atoms with Crippen LogP contribution in [0.4, 0.5) is 0 Å². The summed E-state index contributed by atoms with van der Waals surface area (Å²) in [7, 11) is 0. The zero-order chi connectivity index (χ0) is 14.4. The minimum atomic E-state index is -0.624. The lowest BCUT2D eigenvalue weighted by Gasteiger charge is -2.31. The number of pyridine rings is 1. The molecule has 7 nitrogen and oxygen atoms in total. The van der Waals surface area contributed by atoms with Crippen LogP contribution in [0.25, 0.3) is 0 Å². The number of nitrogens with zero attached hydrogens (tertiary/aromatic N) is 3. The molecule has 0 aromatic carbocycles. The first-order chi connectivity index (χ1) is 9.70. The maximum absolute atomic E-state index is 11.9. The highest BCUT2D eigenvalue weighted by Crippen LogP contribution is 2.01. The Bertz CT molecular complexity index is 484. The summed E-state index contributed by atoms with van der Waals surface area (Å²) in [5.41, 5.74) is 0.881. The molecule has 2 rings (SSSR count). The summed E-state index contributed by atoms with van der Waals surface area (Å²) >= 11 is 0. The fourth-order valence-electron chi connectivity index (χ4n) is 1.93. The number of amides is 3. The van der Waals surface area contributed by atoms with Gasteiger partial charge in [-0.3, -0.25) is 19.4 Å². The molecule has 2 heterocycles. The van der Waals surface area contributed by atoms with Gasteiger partial charge >= 0.3 is 11.8 Å². The number of hydrogen-bond acceptors (Lipinski definition) is 4. The SMILES string of the molecule is O=CN1CCN(C(=O)C(=O)NCc2ccncc2)CC1. The average Bonchev–Trinajstić information content (AvgIpc) is 2.53. The molecule has 1 N–H and O–H groups in total. The Morgan fingerprint density at radius 3 is 2.45 bits per heavy atom. The third-order valence-electron chi connectivity index (χ3n) is 3.15. The van der Waals surface area contributed by atoms with E-state index in [2.05, 4.69) is 10.3 Å². The van der Waals surface area contributed by atoms with Gasteiger partial charge in [0, 0.05) is 45.1 Å². The van der Waals surface area contributed by atoms with E-state index in [4.69, 9.17) is 0 Å². The standard InChI is InChI=1S/C13H16N4O3/c18-10-16-5-7-17(8-6-16)13(20)12(19)15-9-11-1-3-14-4-2-11/h1-4,10H,5-9H2,(H,15,19). The minimum absolute atomic E-state index is 0.293. The average molecular weight is 276 g/mol. The maximum atomic E-state index is 11.9. The van der Waals surface area contributed by atoms with Crippen molar-refractivity contribution in [2.24, 2.45) is 0 Å². The number of nitrogens with one attached hydrogen (secondary N) is 1. The summed E-state index contributed by atoms with van der Waals surface area (Å²) in [6.07, 6.45) is 4.01. The predicted octanol–water partition coefficient (Wildman–Crippen LogP) is -1.00. The lowest BCUT2D eigenvalue weighted by Crippen LogP contribution is -2.52. The number of rotatable bonds is 3. The molecular weight excluding hydrogens is 260 g/mol. The molecule has 1 fully saturated rings. The van der Waals surface area contributed by atoms with Gasteiger partial charge in [0.25, 0.3) is 0 Å². The van der Waals surface area contributed by atoms with Gasteiger partial charge in [-0.25, -0.2) is 0 Å². The van der Waals surface area contributed by atoms with Crippen LogP contribution < -0.4 is 5.32 Å². The van der Waals surface area contributed by atoms with Crippen LogP contribution >= 0.6 is 0 Å². The van der Waals surface area contributed by atoms with E-state index in [1.165, 1.54) is 4.90 Å². The van der Waals surface area contributed by atoms with E-state index < -0.39 is 11.8 Å². The van der Waals surface area contributed by atoms with E-state index in [0.717, 1.165) is 12.0 Å². The molecule has 0 unspecified atom stereocenters. The van der Waals surface area contributed by atoms with Crippen molar-refractivity contribution in [3.63, 3.8) is 0 Å². The lowest BCUT2D eigenvalue weighted by atomic mass is 10.2. The Morgan fingerprint density at radius 1 is 1.20 bits per heavy atom. The number of hydrogen-bond donors (Lipinski definition) is 1. The second kappa shape index (κ2) is 6.65. The third kappa shape index (κ3) is 3.53. The minimum Gasteiger partial charge on any atom is -0.344 e. The molecule has 0 atom stereocenters. The van der Waals surface area contributed by atoms with Crippen molar-refractivity contribution < 1.29 is 14.4 Å². The van der Waals surface area contributed by atoms with E-state index in [1.807, 2.05) is 0 Å². The third-order valence-corrected chi connectivity index (χ3v) is 3.15. The van der Waals surface area contributed by atoms with Crippen LogP contribution in [0.1, 0.15) is 5.56 Å². The lowest BCUT2D eigenvalue weighted by molar-refractivity contribution is -0.147. The first-order valence-electron chi connectivity index (χ1n) is 6.36. The summed E-state index contributed by atoms with van der Waals surface area (Å²) in [6.45, 7) is 2.00. The van der Waals surface area contributed by atoms with Crippen molar-refractivity contribution in [3.05, 3.63) is 30.1 Å². The van der Waals surface area contributed by atoms with Crippen molar-refractivity contribution in [1.29, 1.82) is 0 Å². The molecule has 1 aromatic heterocycles. The molecule has 0 bridgehead atoms. The van der Waals surface area contributed by atoms with Crippen molar-refractivity contribution in [2.75, 3.05) is 26.2 Å². The van der Waals surface area contributed by atoms with Crippen molar-refractivity contribution >= 4 is 18.2 Å². The normalized spacial score (nSPS) is 14.8. The molecule has 20 heavy (non-hydrogen) atoms. The molecule has 0 spiro atoms. The fourth-order valence-corrected chi connectivity index (χ4v) is 1.93. The van der Waals surface area contributed by atoms with Gasteiger partial charge in [-0.2, -0.15) is 0 Å². The van der Waals surface area contributed by atoms with Crippen LogP contribution in [-0.2, 0) is 20.9 Å². The van der Waals surface area contributed by atoms with Crippen LogP contribution in [0, 0.1) is 0 Å². The van der Waals surface area contributed by atoms with Crippen LogP contribution in [0.2, 0.25) is 0 Å². The maximum Gasteiger partial charge on any atom is 0.312 e. The van der Waals surface area contributed by atoms with Gasteiger partial charge in [0.1, 0.15) is 0 Å². The highest BCUT2D eigenvalue weighted by atomic mass is 16.2. The number of aromatic nitrogens is 1. The number of carbonyl (C=O) groups is 3. The molecule has 1 aliphatic heterocycles. The van der Waals surface area contributed by atoms with Crippen LogP contribution in [0.3, 0.4) is 0 Å². The van der Waals surface area contributed by atoms with Gasteiger partial charge in [0.05, 0.1) is 0 Å². The number of piperazine rings is 1. The smallest absolute Gasteiger partial charge is 0.312 e. The van der Waals surface area contributed by atoms with Gasteiger partial charge < -0.3 is 15.1 Å². The first-order valence-corrected chi connectivity index (χ1v) is 6.36. The van der Waals surface area contributed by atoms with Crippen molar-refractivity contribution in [2.45, 2.75) is 6.54 Å². The van der Waals surface area contributed by atoms with Crippen molar-refractivity contribution in [1.82, 2.24) is 20.1 Å². The largest absolute Gasteiger partial charge is 0.344 e. The highest BCUT2D eigenvalue weighted by molar-refractivity contribution is 6.35. The van der Waals surface area contributed by atoms with Gasteiger partial charge in [-0.05, 0) is 17.7 Å². The van der Waals surface area contributed by atoms with Crippen LogP contribution in [0.15, 0.2) is 24.5 Å². The molecule has 0 radical (unpaired) electrons. The molecular formula is C13H16N4O3. The Morgan fingerprint density at radius 2 is 1.85 bits per heavy atom. The monoisotopic (exact) mass is 276 g/mol. The summed E-state index contributed by atoms with van der Waals surface area (Å²) < 4.78 is 0. The second-order valence-electron chi connectivity index (χ2n) is 4.47. The predicted molar refractivity (Wildman–Crippen MR) is 70.3 cm³/mol. The second-order valence-corrected chi connectivity index (χ2v) is 4.47. The van der Waals surface area contributed by atoms with E-state index in [9.17, 15) is 14.4 Å². The Labute approximate surface area is 116 Å². The molecule has 1 saturated heterocycles. The number of carbonyl (C=O) groups excluding carboxylic acids is 3. The highest BCUT2D eigenvalue weighted by Gasteiger charge is 2.25. The van der Waals surface area contributed by atoms with E-state index in [1.54, 1.807) is 29.4 Å². The Balaban J connectivity index is 1.80. The molecule has 1 aliphatic rings. The molecule has 7 heteroatoms. The van der Waals surface area contributed by atoms with Gasteiger partial charge in [0.15, 0.2) is 0 Å². The quantitative estimate of drug-likeness (QED) is 0.567. The van der Waals surface area contributed by atoms with Crippen molar-refractivity contribution in [3.8, 4) is 0 Å². The van der Waals surface area contributed by atoms with Crippen LogP contribution in [0.5, 0.6) is 0 Å². The van der Waals surface area contributed by atoms with Gasteiger partial charge in [-0.15, -0.1) is 0 Å². The summed E-state index contributed by atoms with van der Waals surface area (Å²) in [4.78, 5) is 41.2. The van der Waals surface area contributed by atoms with E-state index in [-0.39, 0.29) is 0 Å².